The number of aliphatic hydroxyl groups is 2. The summed E-state index contributed by atoms with van der Waals surface area (Å²) in [4.78, 5) is 51.4. The number of aliphatic hydroxyl groups excluding tert-OH is 2. The molecule has 0 aromatic rings. The van der Waals surface area contributed by atoms with Crippen molar-refractivity contribution in [2.24, 2.45) is 22.2 Å². The Bertz CT molecular complexity index is 630. The number of rotatable bonds is 14. The average Bonchev–Trinajstić information content (AvgIpc) is 2.70. The van der Waals surface area contributed by atoms with E-state index >= 15 is 0 Å². The fourth-order valence-electron chi connectivity index (χ4n) is 2.06. The number of aliphatic carboxylic acids is 1. The standard InChI is InChI=1S/C15H29N7O7S/c16-7(4-23)11(25)21-9(5-24)13(27)20-8(2-1-3-19-15(17)18)12(26)22-10(6-30)14(28)29/h7-10,23-24,30H,1-6,16H2,(H,20,27)(H,21,25)(H,22,26)(H,28,29)(H4,17,18,19). The van der Waals surface area contributed by atoms with Crippen LogP contribution in [0.5, 0.6) is 0 Å². The molecule has 0 heterocycles. The maximum Gasteiger partial charge on any atom is 0.327 e. The fourth-order valence-corrected chi connectivity index (χ4v) is 2.31. The number of thiol groups is 1. The predicted octanol–water partition coefficient (Wildman–Crippen LogP) is -5.18. The molecule has 0 saturated carbocycles. The molecule has 0 fully saturated rings. The highest BCUT2D eigenvalue weighted by Crippen LogP contribution is 2.02. The van der Waals surface area contributed by atoms with Gasteiger partial charge in [-0.2, -0.15) is 12.6 Å². The van der Waals surface area contributed by atoms with E-state index in [4.69, 9.17) is 27.4 Å². The second kappa shape index (κ2) is 14.4. The summed E-state index contributed by atoms with van der Waals surface area (Å²) in [6.45, 7) is -1.35. The largest absolute Gasteiger partial charge is 0.480 e. The number of aliphatic imine (C=N–C) groups is 1. The minimum absolute atomic E-state index is 0.0233. The smallest absolute Gasteiger partial charge is 0.327 e. The van der Waals surface area contributed by atoms with E-state index in [1.165, 1.54) is 0 Å². The van der Waals surface area contributed by atoms with E-state index in [1.807, 2.05) is 0 Å². The molecule has 0 aromatic heterocycles. The molecule has 172 valence electrons. The summed E-state index contributed by atoms with van der Waals surface area (Å²) in [6, 6.07) is -5.28. The second-order valence-corrected chi connectivity index (χ2v) is 6.49. The maximum absolute atomic E-state index is 12.5. The van der Waals surface area contributed by atoms with E-state index < -0.39 is 61.1 Å². The molecular weight excluding hydrogens is 422 g/mol. The van der Waals surface area contributed by atoms with Crippen molar-refractivity contribution in [2.45, 2.75) is 37.0 Å². The number of carbonyl (C=O) groups is 4. The first-order valence-corrected chi connectivity index (χ1v) is 9.48. The van der Waals surface area contributed by atoms with Crippen LogP contribution in [0.1, 0.15) is 12.8 Å². The number of amides is 3. The van der Waals surface area contributed by atoms with Gasteiger partial charge >= 0.3 is 5.97 Å². The monoisotopic (exact) mass is 451 g/mol. The van der Waals surface area contributed by atoms with Crippen molar-refractivity contribution in [3.8, 4) is 0 Å². The summed E-state index contributed by atoms with van der Waals surface area (Å²) in [5.41, 5.74) is 15.8. The number of hydrogen-bond donors (Lipinski definition) is 10. The topological polar surface area (TPSA) is 255 Å². The predicted molar refractivity (Wildman–Crippen MR) is 109 cm³/mol. The van der Waals surface area contributed by atoms with Gasteiger partial charge < -0.3 is 48.5 Å². The molecule has 12 N–H and O–H groups in total. The molecule has 0 saturated heterocycles. The molecule has 0 spiro atoms. The Balaban J connectivity index is 5.24. The van der Waals surface area contributed by atoms with Gasteiger partial charge in [0.05, 0.1) is 13.2 Å². The van der Waals surface area contributed by atoms with Crippen LogP contribution in [0.3, 0.4) is 0 Å². The first-order chi connectivity index (χ1) is 14.1. The number of hydrogen-bond acceptors (Lipinski definition) is 9. The van der Waals surface area contributed by atoms with Gasteiger partial charge in [-0.05, 0) is 12.8 Å². The van der Waals surface area contributed by atoms with Gasteiger partial charge in [-0.1, -0.05) is 0 Å². The Hall–Kier alpha value is -2.62. The number of nitrogens with one attached hydrogen (secondary N) is 3. The highest BCUT2D eigenvalue weighted by molar-refractivity contribution is 7.80. The lowest BCUT2D eigenvalue weighted by Gasteiger charge is -2.24. The van der Waals surface area contributed by atoms with E-state index in [2.05, 4.69) is 33.6 Å². The molecule has 4 atom stereocenters. The third-order valence-electron chi connectivity index (χ3n) is 3.72. The Labute approximate surface area is 178 Å². The van der Waals surface area contributed by atoms with Crippen molar-refractivity contribution >= 4 is 42.3 Å². The molecule has 0 aliphatic carbocycles. The number of carboxylic acid groups (broad SMARTS) is 1. The van der Waals surface area contributed by atoms with Gasteiger partial charge in [0.15, 0.2) is 5.96 Å². The highest BCUT2D eigenvalue weighted by Gasteiger charge is 2.29. The van der Waals surface area contributed by atoms with Gasteiger partial charge in [-0.3, -0.25) is 19.4 Å². The van der Waals surface area contributed by atoms with E-state index in [-0.39, 0.29) is 31.1 Å². The third-order valence-corrected chi connectivity index (χ3v) is 4.09. The van der Waals surface area contributed by atoms with Gasteiger partial charge in [0.25, 0.3) is 0 Å². The van der Waals surface area contributed by atoms with Crippen LogP contribution in [0, 0.1) is 0 Å². The summed E-state index contributed by atoms with van der Waals surface area (Å²) in [5, 5.41) is 34.0. The van der Waals surface area contributed by atoms with Gasteiger partial charge in [-0.15, -0.1) is 0 Å². The SMILES string of the molecule is NC(N)=NCCCC(NC(=O)C(CO)NC(=O)C(N)CO)C(=O)NC(CS)C(=O)O. The van der Waals surface area contributed by atoms with Crippen LogP contribution in [0.4, 0.5) is 0 Å². The minimum Gasteiger partial charge on any atom is -0.480 e. The first kappa shape index (κ1) is 27.4. The van der Waals surface area contributed by atoms with Crippen molar-refractivity contribution in [2.75, 3.05) is 25.5 Å². The van der Waals surface area contributed by atoms with Crippen LogP contribution in [-0.2, 0) is 19.2 Å². The summed E-state index contributed by atoms with van der Waals surface area (Å²) in [5.74, 6) is -4.29. The summed E-state index contributed by atoms with van der Waals surface area (Å²) in [7, 11) is 0. The molecule has 30 heavy (non-hydrogen) atoms. The summed E-state index contributed by atoms with van der Waals surface area (Å²) in [6.07, 6.45) is 0.274. The van der Waals surface area contributed by atoms with E-state index in [1.54, 1.807) is 0 Å². The van der Waals surface area contributed by atoms with Crippen molar-refractivity contribution < 1.29 is 34.5 Å². The molecule has 0 aromatic carbocycles. The lowest BCUT2D eigenvalue weighted by Crippen LogP contribution is -2.58. The summed E-state index contributed by atoms with van der Waals surface area (Å²) < 4.78 is 0. The quantitative estimate of drug-likeness (QED) is 0.0519. The van der Waals surface area contributed by atoms with E-state index in [0.29, 0.717) is 0 Å². The van der Waals surface area contributed by atoms with Crippen molar-refractivity contribution in [1.82, 2.24) is 16.0 Å². The van der Waals surface area contributed by atoms with Gasteiger partial charge in [0.2, 0.25) is 17.7 Å². The number of nitrogens with two attached hydrogens (primary N) is 3. The maximum atomic E-state index is 12.5. The fraction of sp³-hybridized carbons (Fsp3) is 0.667. The highest BCUT2D eigenvalue weighted by atomic mass is 32.1. The molecule has 15 heteroatoms. The van der Waals surface area contributed by atoms with Crippen LogP contribution >= 0.6 is 12.6 Å². The normalized spacial score (nSPS) is 14.5. The zero-order valence-corrected chi connectivity index (χ0v) is 17.0. The molecule has 0 radical (unpaired) electrons. The third kappa shape index (κ3) is 10.2. The van der Waals surface area contributed by atoms with E-state index in [9.17, 15) is 24.3 Å². The number of guanidine groups is 1. The second-order valence-electron chi connectivity index (χ2n) is 6.12. The molecule has 0 bridgehead atoms. The van der Waals surface area contributed by atoms with Gasteiger partial charge in [0, 0.05) is 12.3 Å². The van der Waals surface area contributed by atoms with E-state index in [0.717, 1.165) is 0 Å². The van der Waals surface area contributed by atoms with Crippen LogP contribution in [0.2, 0.25) is 0 Å². The lowest BCUT2D eigenvalue weighted by atomic mass is 10.1. The Kier molecular flexibility index (Phi) is 13.1. The Morgan fingerprint density at radius 1 is 0.900 bits per heavy atom. The lowest BCUT2D eigenvalue weighted by molar-refractivity contribution is -0.141. The van der Waals surface area contributed by atoms with Gasteiger partial charge in [-0.25, -0.2) is 4.79 Å². The zero-order valence-electron chi connectivity index (χ0n) is 16.2. The van der Waals surface area contributed by atoms with Gasteiger partial charge in [0.1, 0.15) is 24.2 Å². The van der Waals surface area contributed by atoms with Crippen molar-refractivity contribution in [3.63, 3.8) is 0 Å². The molecule has 0 aliphatic rings. The van der Waals surface area contributed by atoms with Crippen LogP contribution in [-0.4, -0.2) is 94.6 Å². The van der Waals surface area contributed by atoms with Crippen LogP contribution in [0.15, 0.2) is 4.99 Å². The van der Waals surface area contributed by atoms with Crippen molar-refractivity contribution in [3.05, 3.63) is 0 Å². The molecule has 14 nitrogen and oxygen atoms in total. The van der Waals surface area contributed by atoms with Crippen molar-refractivity contribution in [1.29, 1.82) is 0 Å². The van der Waals surface area contributed by atoms with Crippen LogP contribution in [0.25, 0.3) is 0 Å². The molecular formula is C15H29N7O7S. The molecule has 3 amide bonds. The molecule has 0 aliphatic heterocycles. The Morgan fingerprint density at radius 2 is 1.43 bits per heavy atom. The first-order valence-electron chi connectivity index (χ1n) is 8.84. The number of carboxylic acids is 1. The Morgan fingerprint density at radius 3 is 1.90 bits per heavy atom. The summed E-state index contributed by atoms with van der Waals surface area (Å²) >= 11 is 3.85. The average molecular weight is 452 g/mol. The molecule has 4 unspecified atom stereocenters. The number of nitrogens with zero attached hydrogens (tertiary/aromatic N) is 1. The number of carbonyl (C=O) groups excluding carboxylic acids is 3. The van der Waals surface area contributed by atoms with Crippen LogP contribution < -0.4 is 33.2 Å². The zero-order chi connectivity index (χ0) is 23.3. The molecule has 0 rings (SSSR count). The minimum atomic E-state index is -1.46.